The van der Waals surface area contributed by atoms with Gasteiger partial charge in [0.05, 0.1) is 5.03 Å². The lowest BCUT2D eigenvalue weighted by molar-refractivity contribution is 0.493. The summed E-state index contributed by atoms with van der Waals surface area (Å²) in [6.07, 6.45) is 2.04. The average Bonchev–Trinajstić information content (AvgIpc) is 2.46. The van der Waals surface area contributed by atoms with Crippen molar-refractivity contribution in [1.82, 2.24) is 5.01 Å². The smallest absolute Gasteiger partial charge is 0.103 e. The molecule has 72 valence electrons. The first-order valence-corrected chi connectivity index (χ1v) is 5.26. The van der Waals surface area contributed by atoms with Crippen LogP contribution in [-0.2, 0) is 0 Å². The molecule has 0 fully saturated rings. The summed E-state index contributed by atoms with van der Waals surface area (Å²) < 4.78 is 0. The molecule has 0 spiro atoms. The molecule has 13 heavy (non-hydrogen) atoms. The third-order valence-corrected chi connectivity index (χ3v) is 3.07. The second-order valence-electron chi connectivity index (χ2n) is 3.33. The van der Waals surface area contributed by atoms with Crippen molar-refractivity contribution in [1.29, 1.82) is 0 Å². The maximum absolute atomic E-state index is 4.48. The average molecular weight is 196 g/mol. The lowest BCUT2D eigenvalue weighted by Gasteiger charge is -2.13. The fourth-order valence-electron chi connectivity index (χ4n) is 0.970. The predicted molar refractivity (Wildman–Crippen MR) is 60.3 cm³/mol. The van der Waals surface area contributed by atoms with E-state index in [0.29, 0.717) is 5.92 Å². The molecule has 3 heteroatoms. The molecule has 1 heterocycles. The monoisotopic (exact) mass is 196 g/mol. The maximum Gasteiger partial charge on any atom is 0.103 e. The zero-order valence-corrected chi connectivity index (χ0v) is 9.48. The molecule has 0 atom stereocenters. The third-order valence-electron chi connectivity index (χ3n) is 1.90. The largest absolute Gasteiger partial charge is 0.231 e. The molecule has 0 saturated carbocycles. The van der Waals surface area contributed by atoms with Gasteiger partial charge in [-0.2, -0.15) is 5.10 Å². The third kappa shape index (κ3) is 2.15. The van der Waals surface area contributed by atoms with E-state index in [2.05, 4.69) is 25.5 Å². The molecule has 0 aromatic rings. The zero-order chi connectivity index (χ0) is 10.0. The van der Waals surface area contributed by atoms with Crippen LogP contribution < -0.4 is 0 Å². The Morgan fingerprint density at radius 1 is 1.62 bits per heavy atom. The first-order valence-electron chi connectivity index (χ1n) is 4.44. The molecule has 0 aromatic carbocycles. The summed E-state index contributed by atoms with van der Waals surface area (Å²) in [5.41, 5.74) is 1.13. The molecule has 1 rings (SSSR count). The molecule has 1 aliphatic heterocycles. The number of allylic oxidation sites excluding steroid dienone is 2. The summed E-state index contributed by atoms with van der Waals surface area (Å²) in [6.45, 7) is 12.3. The van der Waals surface area contributed by atoms with Gasteiger partial charge in [-0.15, -0.1) is 0 Å². The Hall–Kier alpha value is -0.700. The predicted octanol–water partition coefficient (Wildman–Crippen LogP) is 3.40. The molecule has 0 unspecified atom stereocenters. The molecule has 0 radical (unpaired) electrons. The van der Waals surface area contributed by atoms with Gasteiger partial charge in [0.25, 0.3) is 0 Å². The van der Waals surface area contributed by atoms with Gasteiger partial charge in [-0.05, 0) is 13.8 Å². The Morgan fingerprint density at radius 3 is 2.62 bits per heavy atom. The van der Waals surface area contributed by atoms with E-state index in [0.717, 1.165) is 15.8 Å². The topological polar surface area (TPSA) is 15.6 Å². The summed E-state index contributed by atoms with van der Waals surface area (Å²) in [5, 5.41) is 8.53. The molecule has 1 aliphatic rings. The van der Waals surface area contributed by atoms with Gasteiger partial charge in [0.1, 0.15) is 5.04 Å². The van der Waals surface area contributed by atoms with Crippen LogP contribution in [0.5, 0.6) is 0 Å². The molecule has 0 N–H and O–H groups in total. The Balaban J connectivity index is 2.84. The van der Waals surface area contributed by atoms with E-state index in [9.17, 15) is 0 Å². The van der Waals surface area contributed by atoms with Crippen molar-refractivity contribution >= 4 is 16.8 Å². The van der Waals surface area contributed by atoms with Crippen molar-refractivity contribution in [3.8, 4) is 0 Å². The summed E-state index contributed by atoms with van der Waals surface area (Å²) >= 11 is 1.67. The highest BCUT2D eigenvalue weighted by Gasteiger charge is 2.22. The standard InChI is InChI=1S/C10H16N2S/c1-6-8(4)12-9(5)13-10(11-12)7(2)3/h6-7H,5H2,1-4H3/b8-6-. The van der Waals surface area contributed by atoms with E-state index in [1.54, 1.807) is 11.8 Å². The lowest BCUT2D eigenvalue weighted by atomic mass is 10.2. The zero-order valence-electron chi connectivity index (χ0n) is 8.66. The molecular formula is C10H16N2S. The highest BCUT2D eigenvalue weighted by molar-refractivity contribution is 8.17. The van der Waals surface area contributed by atoms with Crippen LogP contribution in [0.2, 0.25) is 0 Å². The number of thioether (sulfide) groups is 1. The number of hydrogen-bond acceptors (Lipinski definition) is 3. The van der Waals surface area contributed by atoms with Crippen molar-refractivity contribution in [2.45, 2.75) is 27.7 Å². The van der Waals surface area contributed by atoms with E-state index in [1.165, 1.54) is 0 Å². The van der Waals surface area contributed by atoms with Gasteiger partial charge in [0.15, 0.2) is 0 Å². The van der Waals surface area contributed by atoms with Crippen molar-refractivity contribution in [2.75, 3.05) is 0 Å². The molecule has 0 saturated heterocycles. The van der Waals surface area contributed by atoms with Crippen LogP contribution in [0.15, 0.2) is 28.5 Å². The van der Waals surface area contributed by atoms with Crippen LogP contribution in [0.3, 0.4) is 0 Å². The molecule has 0 bridgehead atoms. The molecule has 0 amide bonds. The van der Waals surface area contributed by atoms with Gasteiger partial charge in [-0.25, -0.2) is 5.01 Å². The highest BCUT2D eigenvalue weighted by Crippen LogP contribution is 2.33. The Bertz CT molecular complexity index is 277. The molecule has 0 aromatic heterocycles. The quantitative estimate of drug-likeness (QED) is 0.672. The minimum absolute atomic E-state index is 0.483. The van der Waals surface area contributed by atoms with Crippen molar-refractivity contribution in [3.05, 3.63) is 23.4 Å². The van der Waals surface area contributed by atoms with E-state index >= 15 is 0 Å². The Kier molecular flexibility index (Phi) is 3.20. The van der Waals surface area contributed by atoms with Crippen molar-refractivity contribution < 1.29 is 0 Å². The minimum Gasteiger partial charge on any atom is -0.231 e. The summed E-state index contributed by atoms with van der Waals surface area (Å²) in [6, 6.07) is 0. The fraction of sp³-hybridized carbons (Fsp3) is 0.500. The van der Waals surface area contributed by atoms with E-state index in [1.807, 2.05) is 24.9 Å². The highest BCUT2D eigenvalue weighted by atomic mass is 32.2. The van der Waals surface area contributed by atoms with E-state index < -0.39 is 0 Å². The fourth-order valence-corrected chi connectivity index (χ4v) is 1.84. The molecular weight excluding hydrogens is 180 g/mol. The maximum atomic E-state index is 4.48. The van der Waals surface area contributed by atoms with Gasteiger partial charge in [-0.3, -0.25) is 0 Å². The Labute approximate surface area is 84.4 Å². The van der Waals surface area contributed by atoms with Gasteiger partial charge >= 0.3 is 0 Å². The van der Waals surface area contributed by atoms with Crippen LogP contribution in [0.1, 0.15) is 27.7 Å². The summed E-state index contributed by atoms with van der Waals surface area (Å²) in [5.74, 6) is 0.483. The van der Waals surface area contributed by atoms with E-state index in [-0.39, 0.29) is 0 Å². The number of nitrogens with zero attached hydrogens (tertiary/aromatic N) is 2. The SMILES string of the molecule is C=C1SC(C(C)C)=NN1/C(C)=C\C. The summed E-state index contributed by atoms with van der Waals surface area (Å²) in [4.78, 5) is 0. The van der Waals surface area contributed by atoms with Crippen LogP contribution >= 0.6 is 11.8 Å². The number of hydrazone groups is 1. The first-order chi connectivity index (χ1) is 6.06. The van der Waals surface area contributed by atoms with Gasteiger partial charge in [-0.1, -0.05) is 38.3 Å². The van der Waals surface area contributed by atoms with Gasteiger partial charge < -0.3 is 0 Å². The van der Waals surface area contributed by atoms with Crippen LogP contribution in [0.25, 0.3) is 0 Å². The second-order valence-corrected chi connectivity index (χ2v) is 4.42. The number of hydrogen-bond donors (Lipinski definition) is 0. The minimum atomic E-state index is 0.483. The van der Waals surface area contributed by atoms with Crippen molar-refractivity contribution in [2.24, 2.45) is 11.0 Å². The first kappa shape index (κ1) is 10.4. The van der Waals surface area contributed by atoms with Crippen LogP contribution in [-0.4, -0.2) is 10.1 Å². The normalized spacial score (nSPS) is 18.5. The molecule has 2 nitrogen and oxygen atoms in total. The summed E-state index contributed by atoms with van der Waals surface area (Å²) in [7, 11) is 0. The van der Waals surface area contributed by atoms with Crippen LogP contribution in [0, 0.1) is 5.92 Å². The second kappa shape index (κ2) is 4.01. The van der Waals surface area contributed by atoms with Crippen LogP contribution in [0.4, 0.5) is 0 Å². The lowest BCUT2D eigenvalue weighted by Crippen LogP contribution is -2.07. The van der Waals surface area contributed by atoms with Gasteiger partial charge in [0.2, 0.25) is 0 Å². The van der Waals surface area contributed by atoms with E-state index in [4.69, 9.17) is 0 Å². The number of rotatable bonds is 2. The van der Waals surface area contributed by atoms with Gasteiger partial charge in [0, 0.05) is 11.6 Å². The van der Waals surface area contributed by atoms with Crippen molar-refractivity contribution in [3.63, 3.8) is 0 Å². The Morgan fingerprint density at radius 2 is 2.23 bits per heavy atom. The molecule has 0 aliphatic carbocycles.